The summed E-state index contributed by atoms with van der Waals surface area (Å²) < 4.78 is 22.8. The Morgan fingerprint density at radius 1 is 0.851 bits per heavy atom. The van der Waals surface area contributed by atoms with Crippen LogP contribution >= 0.6 is 11.3 Å². The Labute approximate surface area is 271 Å². The Kier molecular flexibility index (Phi) is 8.89. The standard InChI is InChI=1S/C36H26N2O8S/c1-22-31(35(42)43-2)32(25-13-17-27(18-14-25)46-34(41)28-9-6-20-44-28)38-33(40)29(47-36(38)37-22)21-24-10-15-26(16-11-24)45-30(39)19-12-23-7-4-3-5-8-23/h3-21,32H,1-2H3/b19-12+,29-21+/t32-/m1/s1. The highest BCUT2D eigenvalue weighted by molar-refractivity contribution is 7.07. The number of methoxy groups -OCH3 is 1. The fourth-order valence-corrected chi connectivity index (χ4v) is 5.99. The summed E-state index contributed by atoms with van der Waals surface area (Å²) in [6.45, 7) is 1.69. The van der Waals surface area contributed by atoms with Crippen LogP contribution in [-0.2, 0) is 14.3 Å². The number of hydrogen-bond acceptors (Lipinski definition) is 10. The second kappa shape index (κ2) is 13.5. The highest BCUT2D eigenvalue weighted by Gasteiger charge is 2.33. The van der Waals surface area contributed by atoms with Gasteiger partial charge in [0.15, 0.2) is 4.80 Å². The van der Waals surface area contributed by atoms with E-state index >= 15 is 0 Å². The van der Waals surface area contributed by atoms with Gasteiger partial charge in [0.05, 0.1) is 35.2 Å². The van der Waals surface area contributed by atoms with Crippen molar-refractivity contribution in [1.29, 1.82) is 0 Å². The summed E-state index contributed by atoms with van der Waals surface area (Å²) in [5.74, 6) is -1.14. The summed E-state index contributed by atoms with van der Waals surface area (Å²) >= 11 is 1.18. The first-order valence-corrected chi connectivity index (χ1v) is 15.1. The van der Waals surface area contributed by atoms with Crippen molar-refractivity contribution < 1.29 is 33.0 Å². The molecule has 3 heterocycles. The second-order valence-corrected chi connectivity index (χ2v) is 11.3. The molecule has 0 N–H and O–H groups in total. The van der Waals surface area contributed by atoms with E-state index in [4.69, 9.17) is 18.6 Å². The molecule has 0 bridgehead atoms. The van der Waals surface area contributed by atoms with Crippen molar-refractivity contribution in [1.82, 2.24) is 4.57 Å². The molecule has 0 radical (unpaired) electrons. The van der Waals surface area contributed by atoms with Crippen molar-refractivity contribution in [3.8, 4) is 11.5 Å². The molecular weight excluding hydrogens is 620 g/mol. The molecule has 0 saturated heterocycles. The molecule has 2 aromatic heterocycles. The first-order valence-electron chi connectivity index (χ1n) is 14.3. The number of carbonyl (C=O) groups is 3. The molecule has 0 amide bonds. The van der Waals surface area contributed by atoms with Gasteiger partial charge in [-0.15, -0.1) is 0 Å². The second-order valence-electron chi connectivity index (χ2n) is 10.2. The number of aromatic nitrogens is 1. The van der Waals surface area contributed by atoms with E-state index in [1.54, 1.807) is 73.7 Å². The third kappa shape index (κ3) is 6.80. The summed E-state index contributed by atoms with van der Waals surface area (Å²) in [5.41, 5.74) is 2.41. The van der Waals surface area contributed by atoms with Crippen molar-refractivity contribution in [3.63, 3.8) is 0 Å². The van der Waals surface area contributed by atoms with Gasteiger partial charge in [-0.25, -0.2) is 19.4 Å². The molecule has 3 aromatic carbocycles. The highest BCUT2D eigenvalue weighted by atomic mass is 32.1. The van der Waals surface area contributed by atoms with Crippen LogP contribution in [-0.4, -0.2) is 29.6 Å². The minimum atomic E-state index is -0.846. The fraction of sp³-hybridized carbons (Fsp3) is 0.0833. The predicted molar refractivity (Wildman–Crippen MR) is 173 cm³/mol. The normalized spacial score (nSPS) is 14.4. The topological polar surface area (TPSA) is 126 Å². The van der Waals surface area contributed by atoms with Gasteiger partial charge >= 0.3 is 17.9 Å². The molecular formula is C36H26N2O8S. The molecule has 1 aliphatic rings. The molecule has 10 nitrogen and oxygen atoms in total. The number of furan rings is 1. The monoisotopic (exact) mass is 646 g/mol. The van der Waals surface area contributed by atoms with Gasteiger partial charge in [0, 0.05) is 6.08 Å². The number of fused-ring (bicyclic) bond motifs is 1. The zero-order valence-corrected chi connectivity index (χ0v) is 25.9. The Hall–Kier alpha value is -6.07. The van der Waals surface area contributed by atoms with Gasteiger partial charge in [0.25, 0.3) is 5.56 Å². The van der Waals surface area contributed by atoms with Gasteiger partial charge in [0.2, 0.25) is 5.76 Å². The molecule has 0 unspecified atom stereocenters. The van der Waals surface area contributed by atoms with Crippen LogP contribution in [0.5, 0.6) is 11.5 Å². The van der Waals surface area contributed by atoms with E-state index in [1.807, 2.05) is 30.3 Å². The average molecular weight is 647 g/mol. The van der Waals surface area contributed by atoms with E-state index in [2.05, 4.69) is 4.99 Å². The van der Waals surface area contributed by atoms with Crippen LogP contribution in [0.1, 0.15) is 40.2 Å². The van der Waals surface area contributed by atoms with Crippen LogP contribution < -0.4 is 24.4 Å². The maximum atomic E-state index is 13.9. The lowest BCUT2D eigenvalue weighted by Crippen LogP contribution is -2.39. The third-order valence-corrected chi connectivity index (χ3v) is 8.15. The van der Waals surface area contributed by atoms with Crippen LogP contribution in [0.25, 0.3) is 12.2 Å². The summed E-state index contributed by atoms with van der Waals surface area (Å²) in [6, 6.07) is 24.8. The Morgan fingerprint density at radius 3 is 2.23 bits per heavy atom. The van der Waals surface area contributed by atoms with Crippen molar-refractivity contribution >= 4 is 41.4 Å². The van der Waals surface area contributed by atoms with Gasteiger partial charge in [-0.2, -0.15) is 0 Å². The minimum Gasteiger partial charge on any atom is -0.466 e. The number of rotatable bonds is 8. The van der Waals surface area contributed by atoms with Gasteiger partial charge in [0.1, 0.15) is 11.5 Å². The summed E-state index contributed by atoms with van der Waals surface area (Å²) in [4.78, 5) is 56.4. The number of ether oxygens (including phenoxy) is 3. The maximum absolute atomic E-state index is 13.9. The van der Waals surface area contributed by atoms with E-state index < -0.39 is 23.9 Å². The molecule has 47 heavy (non-hydrogen) atoms. The van der Waals surface area contributed by atoms with Crippen molar-refractivity contribution in [2.75, 3.05) is 7.11 Å². The number of hydrogen-bond donors (Lipinski definition) is 0. The Morgan fingerprint density at radius 2 is 1.55 bits per heavy atom. The summed E-state index contributed by atoms with van der Waals surface area (Å²) in [6.07, 6.45) is 6.10. The van der Waals surface area contributed by atoms with Gasteiger partial charge < -0.3 is 18.6 Å². The minimum absolute atomic E-state index is 0.0550. The number of esters is 3. The van der Waals surface area contributed by atoms with Crippen molar-refractivity contribution in [3.05, 3.63) is 157 Å². The molecule has 0 spiro atoms. The Balaban J connectivity index is 1.27. The first-order chi connectivity index (χ1) is 22.8. The fourth-order valence-electron chi connectivity index (χ4n) is 4.94. The smallest absolute Gasteiger partial charge is 0.379 e. The SMILES string of the molecule is COC(=O)C1=C(C)N=c2s/c(=C/c3ccc(OC(=O)/C=C/c4ccccc4)cc3)c(=O)n2[C@@H]1c1ccc(OC(=O)c2ccco2)cc1. The van der Waals surface area contributed by atoms with Gasteiger partial charge in [-0.3, -0.25) is 9.36 Å². The third-order valence-electron chi connectivity index (χ3n) is 7.16. The largest absolute Gasteiger partial charge is 0.466 e. The lowest BCUT2D eigenvalue weighted by atomic mass is 9.96. The van der Waals surface area contributed by atoms with E-state index in [1.165, 1.54) is 41.4 Å². The number of carbonyl (C=O) groups excluding carboxylic acids is 3. The molecule has 11 heteroatoms. The Bertz CT molecular complexity index is 2190. The van der Waals surface area contributed by atoms with Crippen LogP contribution in [0.4, 0.5) is 0 Å². The number of benzene rings is 3. The van der Waals surface area contributed by atoms with E-state index in [9.17, 15) is 19.2 Å². The van der Waals surface area contributed by atoms with Crippen LogP contribution in [0.2, 0.25) is 0 Å². The maximum Gasteiger partial charge on any atom is 0.379 e. The van der Waals surface area contributed by atoms with E-state index in [-0.39, 0.29) is 22.6 Å². The summed E-state index contributed by atoms with van der Waals surface area (Å²) in [5, 5.41) is 0. The predicted octanol–water partition coefficient (Wildman–Crippen LogP) is 4.84. The van der Waals surface area contributed by atoms with E-state index in [0.717, 1.165) is 5.56 Å². The lowest BCUT2D eigenvalue weighted by molar-refractivity contribution is -0.136. The number of allylic oxidation sites excluding steroid dienone is 1. The van der Waals surface area contributed by atoms with Gasteiger partial charge in [-0.1, -0.05) is 65.9 Å². The molecule has 1 atom stereocenters. The number of thiazole rings is 1. The van der Waals surface area contributed by atoms with Crippen molar-refractivity contribution in [2.45, 2.75) is 13.0 Å². The van der Waals surface area contributed by atoms with Crippen LogP contribution in [0.15, 0.2) is 129 Å². The molecule has 6 rings (SSSR count). The zero-order valence-electron chi connectivity index (χ0n) is 25.1. The summed E-state index contributed by atoms with van der Waals surface area (Å²) in [7, 11) is 1.27. The van der Waals surface area contributed by atoms with E-state index in [0.29, 0.717) is 31.9 Å². The molecule has 0 aliphatic carbocycles. The molecule has 0 fully saturated rings. The lowest BCUT2D eigenvalue weighted by Gasteiger charge is -2.24. The quantitative estimate of drug-likeness (QED) is 0.133. The molecule has 5 aromatic rings. The zero-order chi connectivity index (χ0) is 32.9. The van der Waals surface area contributed by atoms with Crippen LogP contribution in [0, 0.1) is 0 Å². The van der Waals surface area contributed by atoms with Crippen LogP contribution in [0.3, 0.4) is 0 Å². The highest BCUT2D eigenvalue weighted by Crippen LogP contribution is 2.31. The van der Waals surface area contributed by atoms with Gasteiger partial charge in [-0.05, 0) is 72.2 Å². The van der Waals surface area contributed by atoms with Crippen molar-refractivity contribution in [2.24, 2.45) is 4.99 Å². The molecule has 0 saturated carbocycles. The molecule has 234 valence electrons. The number of nitrogens with zero attached hydrogens (tertiary/aromatic N) is 2. The molecule has 1 aliphatic heterocycles. The average Bonchev–Trinajstić information content (AvgIpc) is 3.73. The first kappa shape index (κ1) is 30.9.